The minimum absolute atomic E-state index is 0.249. The van der Waals surface area contributed by atoms with Crippen LogP contribution >= 0.6 is 23.4 Å². The standard InChI is InChI=1S/C19H17ClFN3OS/c20-15-5-9-17(10-6-15)25-12-1-13-26-19-22-18(23-24-19)11-4-14-2-7-16(21)8-3-14/h2-11H,1,12-13H2,(H,22,23,24)/b11-4+. The first-order valence-electron chi connectivity index (χ1n) is 8.06. The molecule has 3 aromatic rings. The second-order valence-corrected chi connectivity index (χ2v) is 6.89. The molecule has 1 aromatic heterocycles. The SMILES string of the molecule is Fc1ccc(/C=C/c2nc(SCCCOc3ccc(Cl)cc3)n[nH]2)cc1. The summed E-state index contributed by atoms with van der Waals surface area (Å²) in [7, 11) is 0. The maximum absolute atomic E-state index is 12.9. The van der Waals surface area contributed by atoms with Crippen molar-refractivity contribution in [3.63, 3.8) is 0 Å². The van der Waals surface area contributed by atoms with Crippen molar-refractivity contribution in [2.45, 2.75) is 11.6 Å². The van der Waals surface area contributed by atoms with Crippen LogP contribution in [0.3, 0.4) is 0 Å². The van der Waals surface area contributed by atoms with Crippen molar-refractivity contribution in [2.75, 3.05) is 12.4 Å². The minimum atomic E-state index is -0.249. The van der Waals surface area contributed by atoms with Crippen LogP contribution in [0, 0.1) is 5.82 Å². The zero-order chi connectivity index (χ0) is 18.2. The van der Waals surface area contributed by atoms with E-state index in [1.54, 1.807) is 36.0 Å². The molecule has 0 unspecified atom stereocenters. The number of rotatable bonds is 8. The molecule has 0 amide bonds. The maximum Gasteiger partial charge on any atom is 0.208 e. The van der Waals surface area contributed by atoms with Crippen molar-refractivity contribution in [1.82, 2.24) is 15.2 Å². The van der Waals surface area contributed by atoms with E-state index in [2.05, 4.69) is 15.2 Å². The molecule has 0 fully saturated rings. The summed E-state index contributed by atoms with van der Waals surface area (Å²) < 4.78 is 18.5. The lowest BCUT2D eigenvalue weighted by atomic mass is 10.2. The monoisotopic (exact) mass is 389 g/mol. The molecule has 0 bridgehead atoms. The number of hydrogen-bond acceptors (Lipinski definition) is 4. The van der Waals surface area contributed by atoms with Gasteiger partial charge in [0.1, 0.15) is 17.4 Å². The van der Waals surface area contributed by atoms with Gasteiger partial charge in [0.05, 0.1) is 6.61 Å². The van der Waals surface area contributed by atoms with Crippen molar-refractivity contribution >= 4 is 35.5 Å². The summed E-state index contributed by atoms with van der Waals surface area (Å²) in [6, 6.07) is 13.6. The van der Waals surface area contributed by atoms with Crippen LogP contribution in [0.4, 0.5) is 4.39 Å². The number of nitrogens with zero attached hydrogens (tertiary/aromatic N) is 2. The number of halogens is 2. The van der Waals surface area contributed by atoms with Gasteiger partial charge in [-0.15, -0.1) is 5.10 Å². The topological polar surface area (TPSA) is 50.8 Å². The Morgan fingerprint density at radius 2 is 1.85 bits per heavy atom. The summed E-state index contributed by atoms with van der Waals surface area (Å²) in [5.74, 6) is 2.08. The third-order valence-corrected chi connectivity index (χ3v) is 4.57. The zero-order valence-electron chi connectivity index (χ0n) is 13.9. The third kappa shape index (κ3) is 5.89. The largest absolute Gasteiger partial charge is 0.494 e. The van der Waals surface area contributed by atoms with Crippen LogP contribution in [0.5, 0.6) is 5.75 Å². The van der Waals surface area contributed by atoms with E-state index in [9.17, 15) is 4.39 Å². The summed E-state index contributed by atoms with van der Waals surface area (Å²) in [5, 5.41) is 8.43. The quantitative estimate of drug-likeness (QED) is 0.418. The van der Waals surface area contributed by atoms with Crippen LogP contribution in [-0.4, -0.2) is 27.5 Å². The maximum atomic E-state index is 12.9. The molecule has 2 aromatic carbocycles. The van der Waals surface area contributed by atoms with E-state index in [0.717, 1.165) is 23.5 Å². The predicted octanol–water partition coefficient (Wildman–Crippen LogP) is 5.33. The smallest absolute Gasteiger partial charge is 0.208 e. The van der Waals surface area contributed by atoms with E-state index in [4.69, 9.17) is 16.3 Å². The Morgan fingerprint density at radius 1 is 1.08 bits per heavy atom. The van der Waals surface area contributed by atoms with Gasteiger partial charge in [-0.1, -0.05) is 41.6 Å². The van der Waals surface area contributed by atoms with Crippen molar-refractivity contribution < 1.29 is 9.13 Å². The van der Waals surface area contributed by atoms with Crippen molar-refractivity contribution in [1.29, 1.82) is 0 Å². The van der Waals surface area contributed by atoms with Crippen molar-refractivity contribution in [3.8, 4) is 5.75 Å². The highest BCUT2D eigenvalue weighted by atomic mass is 35.5. The van der Waals surface area contributed by atoms with Gasteiger partial charge in [-0.05, 0) is 54.5 Å². The zero-order valence-corrected chi connectivity index (χ0v) is 15.4. The summed E-state index contributed by atoms with van der Waals surface area (Å²) in [6.07, 6.45) is 4.55. The summed E-state index contributed by atoms with van der Waals surface area (Å²) >= 11 is 7.40. The first-order valence-corrected chi connectivity index (χ1v) is 9.42. The van der Waals surface area contributed by atoms with Gasteiger partial charge < -0.3 is 4.74 Å². The number of benzene rings is 2. The third-order valence-electron chi connectivity index (χ3n) is 3.39. The molecule has 7 heteroatoms. The lowest BCUT2D eigenvalue weighted by Crippen LogP contribution is -1.98. The molecule has 0 radical (unpaired) electrons. The minimum Gasteiger partial charge on any atom is -0.494 e. The van der Waals surface area contributed by atoms with Gasteiger partial charge in [-0.3, -0.25) is 5.10 Å². The predicted molar refractivity (Wildman–Crippen MR) is 104 cm³/mol. The van der Waals surface area contributed by atoms with E-state index >= 15 is 0 Å². The first-order chi connectivity index (χ1) is 12.7. The second-order valence-electron chi connectivity index (χ2n) is 5.39. The summed E-state index contributed by atoms with van der Waals surface area (Å²) in [5.41, 5.74) is 0.899. The lowest BCUT2D eigenvalue weighted by Gasteiger charge is -2.05. The Labute approximate surface area is 160 Å². The molecule has 26 heavy (non-hydrogen) atoms. The molecular weight excluding hydrogens is 373 g/mol. The van der Waals surface area contributed by atoms with Gasteiger partial charge >= 0.3 is 0 Å². The Morgan fingerprint density at radius 3 is 2.62 bits per heavy atom. The number of aromatic amines is 1. The van der Waals surface area contributed by atoms with Gasteiger partial charge in [0, 0.05) is 10.8 Å². The number of hydrogen-bond donors (Lipinski definition) is 1. The van der Waals surface area contributed by atoms with Gasteiger partial charge in [0.15, 0.2) is 0 Å². The average molecular weight is 390 g/mol. The number of thioether (sulfide) groups is 1. The normalized spacial score (nSPS) is 11.2. The molecule has 0 aliphatic carbocycles. The highest BCUT2D eigenvalue weighted by Crippen LogP contribution is 2.17. The number of aromatic nitrogens is 3. The van der Waals surface area contributed by atoms with Crippen molar-refractivity contribution in [2.24, 2.45) is 0 Å². The summed E-state index contributed by atoms with van der Waals surface area (Å²) in [6.45, 7) is 0.621. The fourth-order valence-electron chi connectivity index (χ4n) is 2.09. The van der Waals surface area contributed by atoms with E-state index in [-0.39, 0.29) is 5.82 Å². The van der Waals surface area contributed by atoms with Crippen LogP contribution in [0.25, 0.3) is 12.2 Å². The van der Waals surface area contributed by atoms with Gasteiger partial charge in [0.2, 0.25) is 5.16 Å². The lowest BCUT2D eigenvalue weighted by molar-refractivity contribution is 0.318. The van der Waals surface area contributed by atoms with Crippen LogP contribution in [0.15, 0.2) is 53.7 Å². The summed E-state index contributed by atoms with van der Waals surface area (Å²) in [4.78, 5) is 4.39. The second kappa shape index (κ2) is 9.40. The Kier molecular flexibility index (Phi) is 6.68. The fourth-order valence-corrected chi connectivity index (χ4v) is 2.93. The number of H-pyrrole nitrogens is 1. The first kappa shape index (κ1) is 18.5. The van der Waals surface area contributed by atoms with E-state index < -0.39 is 0 Å². The molecule has 0 saturated heterocycles. The molecule has 0 atom stereocenters. The Balaban J connectivity index is 1.39. The molecule has 134 valence electrons. The van der Waals surface area contributed by atoms with E-state index in [1.165, 1.54) is 12.1 Å². The Hall–Kier alpha value is -2.31. The van der Waals surface area contributed by atoms with Crippen molar-refractivity contribution in [3.05, 3.63) is 70.8 Å². The van der Waals surface area contributed by atoms with Gasteiger partial charge in [-0.2, -0.15) is 0 Å². The highest BCUT2D eigenvalue weighted by molar-refractivity contribution is 7.99. The van der Waals surface area contributed by atoms with Crippen LogP contribution in [0.2, 0.25) is 5.02 Å². The average Bonchev–Trinajstić information content (AvgIpc) is 3.10. The van der Waals surface area contributed by atoms with Crippen LogP contribution in [-0.2, 0) is 0 Å². The number of nitrogens with one attached hydrogen (secondary N) is 1. The molecule has 0 aliphatic heterocycles. The number of ether oxygens (including phenoxy) is 1. The fraction of sp³-hybridized carbons (Fsp3) is 0.158. The molecule has 0 spiro atoms. The Bertz CT molecular complexity index is 850. The molecule has 0 aliphatic rings. The molecule has 0 saturated carbocycles. The molecule has 1 N–H and O–H groups in total. The van der Waals surface area contributed by atoms with Crippen LogP contribution in [0.1, 0.15) is 17.8 Å². The molecular formula is C19H17ClFN3OS. The van der Waals surface area contributed by atoms with Gasteiger partial charge in [0.25, 0.3) is 0 Å². The highest BCUT2D eigenvalue weighted by Gasteiger charge is 2.02. The molecule has 3 rings (SSSR count). The molecule has 4 nitrogen and oxygen atoms in total. The van der Waals surface area contributed by atoms with E-state index in [1.807, 2.05) is 24.3 Å². The van der Waals surface area contributed by atoms with Gasteiger partial charge in [-0.25, -0.2) is 9.37 Å². The molecule has 1 heterocycles. The van der Waals surface area contributed by atoms with E-state index in [0.29, 0.717) is 22.6 Å². The van der Waals surface area contributed by atoms with Crippen LogP contribution < -0.4 is 4.74 Å².